The number of amides is 1. The molecule has 2 saturated heterocycles. The number of benzene rings is 1. The highest BCUT2D eigenvalue weighted by molar-refractivity contribution is 5.94. The van der Waals surface area contributed by atoms with Crippen LogP contribution in [0.15, 0.2) is 30.3 Å². The lowest BCUT2D eigenvalue weighted by molar-refractivity contribution is 0.0326. The standard InChI is InChI=1S/C20H27N5O2/c1-23-18(15-24-11-13-27-14-12-24)21-22-19(23)16-7-9-25(10-8-16)20(26)17-5-3-2-4-6-17/h2-6,16H,7-15H2,1H3. The number of piperidine rings is 1. The smallest absolute Gasteiger partial charge is 0.253 e. The molecule has 0 atom stereocenters. The zero-order chi connectivity index (χ0) is 18.6. The Kier molecular flexibility index (Phi) is 5.50. The van der Waals surface area contributed by atoms with Gasteiger partial charge in [-0.25, -0.2) is 0 Å². The summed E-state index contributed by atoms with van der Waals surface area (Å²) in [5, 5.41) is 8.92. The van der Waals surface area contributed by atoms with E-state index in [2.05, 4.69) is 26.7 Å². The van der Waals surface area contributed by atoms with Gasteiger partial charge in [0.2, 0.25) is 0 Å². The Morgan fingerprint density at radius 1 is 1.07 bits per heavy atom. The van der Waals surface area contributed by atoms with Crippen molar-refractivity contribution in [2.45, 2.75) is 25.3 Å². The maximum atomic E-state index is 12.6. The van der Waals surface area contributed by atoms with Gasteiger partial charge in [-0.05, 0) is 25.0 Å². The van der Waals surface area contributed by atoms with Crippen LogP contribution in [-0.2, 0) is 18.3 Å². The lowest BCUT2D eigenvalue weighted by Gasteiger charge is -2.31. The summed E-state index contributed by atoms with van der Waals surface area (Å²) < 4.78 is 7.56. The number of hydrogen-bond acceptors (Lipinski definition) is 5. The van der Waals surface area contributed by atoms with Crippen LogP contribution in [0.2, 0.25) is 0 Å². The topological polar surface area (TPSA) is 63.5 Å². The minimum absolute atomic E-state index is 0.125. The molecule has 2 aliphatic rings. The van der Waals surface area contributed by atoms with Gasteiger partial charge < -0.3 is 14.2 Å². The Bertz CT molecular complexity index is 762. The van der Waals surface area contributed by atoms with Crippen LogP contribution >= 0.6 is 0 Å². The van der Waals surface area contributed by atoms with E-state index in [1.807, 2.05) is 35.2 Å². The van der Waals surface area contributed by atoms with E-state index in [9.17, 15) is 4.79 Å². The van der Waals surface area contributed by atoms with E-state index >= 15 is 0 Å². The van der Waals surface area contributed by atoms with Gasteiger partial charge in [-0.3, -0.25) is 9.69 Å². The minimum atomic E-state index is 0.125. The van der Waals surface area contributed by atoms with E-state index in [1.54, 1.807) is 0 Å². The van der Waals surface area contributed by atoms with E-state index < -0.39 is 0 Å². The average molecular weight is 369 g/mol. The van der Waals surface area contributed by atoms with Gasteiger partial charge in [-0.15, -0.1) is 10.2 Å². The monoisotopic (exact) mass is 369 g/mol. The van der Waals surface area contributed by atoms with E-state index in [-0.39, 0.29) is 5.91 Å². The molecule has 0 N–H and O–H groups in total. The summed E-state index contributed by atoms with van der Waals surface area (Å²) in [6.07, 6.45) is 1.87. The average Bonchev–Trinajstić information content (AvgIpc) is 3.09. The molecule has 2 fully saturated rings. The molecule has 4 rings (SSSR count). The summed E-state index contributed by atoms with van der Waals surface area (Å²) in [6, 6.07) is 9.53. The Hall–Kier alpha value is -2.25. The molecule has 0 unspecified atom stereocenters. The number of ether oxygens (including phenoxy) is 1. The largest absolute Gasteiger partial charge is 0.379 e. The van der Waals surface area contributed by atoms with Crippen molar-refractivity contribution in [2.24, 2.45) is 7.05 Å². The van der Waals surface area contributed by atoms with Crippen LogP contribution in [0.5, 0.6) is 0 Å². The van der Waals surface area contributed by atoms with Gasteiger partial charge in [-0.2, -0.15) is 0 Å². The highest BCUT2D eigenvalue weighted by Crippen LogP contribution is 2.27. The molecule has 0 bridgehead atoms. The molecule has 144 valence electrons. The van der Waals surface area contributed by atoms with Crippen molar-refractivity contribution < 1.29 is 9.53 Å². The highest BCUT2D eigenvalue weighted by atomic mass is 16.5. The second-order valence-electron chi connectivity index (χ2n) is 7.35. The number of likely N-dealkylation sites (tertiary alicyclic amines) is 1. The van der Waals surface area contributed by atoms with Crippen LogP contribution in [0.25, 0.3) is 0 Å². The molecule has 3 heterocycles. The highest BCUT2D eigenvalue weighted by Gasteiger charge is 2.28. The van der Waals surface area contributed by atoms with Crippen molar-refractivity contribution in [3.05, 3.63) is 47.5 Å². The molecule has 2 aliphatic heterocycles. The number of rotatable bonds is 4. The van der Waals surface area contributed by atoms with Gasteiger partial charge in [0.1, 0.15) is 11.6 Å². The number of hydrogen-bond donors (Lipinski definition) is 0. The van der Waals surface area contributed by atoms with Gasteiger partial charge in [0.15, 0.2) is 0 Å². The number of carbonyl (C=O) groups is 1. The fraction of sp³-hybridized carbons (Fsp3) is 0.550. The van der Waals surface area contributed by atoms with Crippen LogP contribution < -0.4 is 0 Å². The van der Waals surface area contributed by atoms with E-state index in [1.165, 1.54) is 0 Å². The fourth-order valence-electron chi connectivity index (χ4n) is 3.93. The molecule has 0 aliphatic carbocycles. The third-order valence-electron chi connectivity index (χ3n) is 5.64. The van der Waals surface area contributed by atoms with Crippen molar-refractivity contribution in [3.8, 4) is 0 Å². The third kappa shape index (κ3) is 4.04. The van der Waals surface area contributed by atoms with Crippen LogP contribution in [0.3, 0.4) is 0 Å². The molecular formula is C20H27N5O2. The first-order chi connectivity index (χ1) is 13.2. The summed E-state index contributed by atoms with van der Waals surface area (Å²) >= 11 is 0. The minimum Gasteiger partial charge on any atom is -0.379 e. The number of aromatic nitrogens is 3. The quantitative estimate of drug-likeness (QED) is 0.820. The van der Waals surface area contributed by atoms with Gasteiger partial charge in [0.05, 0.1) is 19.8 Å². The summed E-state index contributed by atoms with van der Waals surface area (Å²) in [4.78, 5) is 16.9. The van der Waals surface area contributed by atoms with Crippen LogP contribution in [0.4, 0.5) is 0 Å². The van der Waals surface area contributed by atoms with Gasteiger partial charge in [-0.1, -0.05) is 18.2 Å². The number of carbonyl (C=O) groups excluding carboxylic acids is 1. The van der Waals surface area contributed by atoms with Gasteiger partial charge >= 0.3 is 0 Å². The third-order valence-corrected chi connectivity index (χ3v) is 5.64. The van der Waals surface area contributed by atoms with Gasteiger partial charge in [0, 0.05) is 44.7 Å². The van der Waals surface area contributed by atoms with Gasteiger partial charge in [0.25, 0.3) is 5.91 Å². The maximum Gasteiger partial charge on any atom is 0.253 e. The molecule has 1 aromatic heterocycles. The lowest BCUT2D eigenvalue weighted by Crippen LogP contribution is -2.38. The Morgan fingerprint density at radius 2 is 1.78 bits per heavy atom. The van der Waals surface area contributed by atoms with E-state index in [0.29, 0.717) is 5.92 Å². The SMILES string of the molecule is Cn1c(CN2CCOCC2)nnc1C1CCN(C(=O)c2ccccc2)CC1. The molecule has 7 nitrogen and oxygen atoms in total. The van der Waals surface area contributed by atoms with Crippen molar-refractivity contribution in [1.29, 1.82) is 0 Å². The molecule has 0 radical (unpaired) electrons. The predicted octanol–water partition coefficient (Wildman–Crippen LogP) is 1.67. The number of nitrogens with zero attached hydrogens (tertiary/aromatic N) is 5. The van der Waals surface area contributed by atoms with Crippen LogP contribution in [-0.4, -0.2) is 69.9 Å². The Balaban J connectivity index is 1.36. The molecule has 0 spiro atoms. The molecule has 0 saturated carbocycles. The van der Waals surface area contributed by atoms with Crippen molar-refractivity contribution in [3.63, 3.8) is 0 Å². The maximum absolute atomic E-state index is 12.6. The zero-order valence-electron chi connectivity index (χ0n) is 15.9. The Labute approximate surface area is 159 Å². The first-order valence-corrected chi connectivity index (χ1v) is 9.75. The molecule has 7 heteroatoms. The van der Waals surface area contributed by atoms with Crippen molar-refractivity contribution in [1.82, 2.24) is 24.6 Å². The first-order valence-electron chi connectivity index (χ1n) is 9.75. The molecule has 27 heavy (non-hydrogen) atoms. The Morgan fingerprint density at radius 3 is 2.48 bits per heavy atom. The second-order valence-corrected chi connectivity index (χ2v) is 7.35. The summed E-state index contributed by atoms with van der Waals surface area (Å²) in [5.41, 5.74) is 0.766. The van der Waals surface area contributed by atoms with E-state index in [0.717, 1.165) is 76.0 Å². The molecular weight excluding hydrogens is 342 g/mol. The fourth-order valence-corrected chi connectivity index (χ4v) is 3.93. The normalized spacial score (nSPS) is 19.4. The van der Waals surface area contributed by atoms with Crippen molar-refractivity contribution >= 4 is 5.91 Å². The van der Waals surface area contributed by atoms with Crippen molar-refractivity contribution in [2.75, 3.05) is 39.4 Å². The number of morpholine rings is 1. The van der Waals surface area contributed by atoms with Crippen LogP contribution in [0.1, 0.15) is 40.8 Å². The zero-order valence-corrected chi connectivity index (χ0v) is 15.9. The van der Waals surface area contributed by atoms with Crippen LogP contribution in [0, 0.1) is 0 Å². The first kappa shape index (κ1) is 18.1. The molecule has 2 aromatic rings. The second kappa shape index (κ2) is 8.19. The van der Waals surface area contributed by atoms with E-state index in [4.69, 9.17) is 4.74 Å². The summed E-state index contributed by atoms with van der Waals surface area (Å²) in [7, 11) is 2.06. The molecule has 1 amide bonds. The lowest BCUT2D eigenvalue weighted by atomic mass is 9.95. The summed E-state index contributed by atoms with van der Waals surface area (Å²) in [6.45, 7) is 5.83. The summed E-state index contributed by atoms with van der Waals surface area (Å²) in [5.74, 6) is 2.54. The predicted molar refractivity (Wildman–Crippen MR) is 101 cm³/mol. The molecule has 1 aromatic carbocycles.